The minimum atomic E-state index is -0.458. The predicted octanol–water partition coefficient (Wildman–Crippen LogP) is 3.60. The van der Waals surface area contributed by atoms with Crippen molar-refractivity contribution in [1.82, 2.24) is 0 Å². The van der Waals surface area contributed by atoms with Gasteiger partial charge in [0, 0.05) is 18.3 Å². The summed E-state index contributed by atoms with van der Waals surface area (Å²) < 4.78 is 5.98. The normalized spacial score (nSPS) is 23.8. The Morgan fingerprint density at radius 3 is 2.42 bits per heavy atom. The van der Waals surface area contributed by atoms with Crippen molar-refractivity contribution >= 4 is 0 Å². The highest BCUT2D eigenvalue weighted by Crippen LogP contribution is 2.38. The summed E-state index contributed by atoms with van der Waals surface area (Å²) in [7, 11) is 0. The minimum absolute atomic E-state index is 0.0781. The van der Waals surface area contributed by atoms with Crippen molar-refractivity contribution in [1.29, 1.82) is 0 Å². The van der Waals surface area contributed by atoms with Crippen molar-refractivity contribution in [3.63, 3.8) is 0 Å². The van der Waals surface area contributed by atoms with E-state index in [4.69, 9.17) is 4.74 Å². The summed E-state index contributed by atoms with van der Waals surface area (Å²) in [5.41, 5.74) is 4.27. The molecule has 0 radical (unpaired) electrons. The van der Waals surface area contributed by atoms with Gasteiger partial charge in [-0.1, -0.05) is 44.2 Å². The quantitative estimate of drug-likeness (QED) is 0.783. The molecule has 2 aromatic rings. The van der Waals surface area contributed by atoms with Crippen molar-refractivity contribution in [3.05, 3.63) is 64.7 Å². The molecule has 2 aromatic carbocycles. The summed E-state index contributed by atoms with van der Waals surface area (Å²) in [5, 5.41) is 29.1. The summed E-state index contributed by atoms with van der Waals surface area (Å²) in [6.07, 6.45) is 0.0221. The molecular weight excluding hydrogens is 328 g/mol. The number of aliphatic hydroxyl groups is 2. The maximum Gasteiger partial charge on any atom is 0.115 e. The largest absolute Gasteiger partial charge is 0.508 e. The Morgan fingerprint density at radius 2 is 1.77 bits per heavy atom. The van der Waals surface area contributed by atoms with Crippen LogP contribution in [0.5, 0.6) is 5.75 Å². The molecule has 1 fully saturated rings. The standard InChI is InChI=1S/C22H28O4/c1-14-4-5-15(21-12-18(25)11-19(13-23)26-21)10-20(14)22(2,3)16-6-8-17(24)9-7-16/h4-10,18-19,21,23-25H,11-13H2,1-3H3. The number of aryl methyl sites for hydroxylation is 1. The summed E-state index contributed by atoms with van der Waals surface area (Å²) >= 11 is 0. The highest BCUT2D eigenvalue weighted by Gasteiger charge is 2.31. The van der Waals surface area contributed by atoms with Crippen LogP contribution in [0.2, 0.25) is 0 Å². The van der Waals surface area contributed by atoms with Gasteiger partial charge in [-0.3, -0.25) is 0 Å². The lowest BCUT2D eigenvalue weighted by Crippen LogP contribution is -2.33. The summed E-state index contributed by atoms with van der Waals surface area (Å²) in [6, 6.07) is 13.6. The number of ether oxygens (including phenoxy) is 1. The molecule has 0 amide bonds. The Hall–Kier alpha value is -1.88. The first-order valence-electron chi connectivity index (χ1n) is 9.16. The Morgan fingerprint density at radius 1 is 1.08 bits per heavy atom. The van der Waals surface area contributed by atoms with Gasteiger partial charge in [0.25, 0.3) is 0 Å². The first kappa shape index (κ1) is 18.9. The van der Waals surface area contributed by atoms with Gasteiger partial charge in [-0.05, 0) is 41.3 Å². The topological polar surface area (TPSA) is 69.9 Å². The molecule has 0 aliphatic carbocycles. The van der Waals surface area contributed by atoms with Gasteiger partial charge < -0.3 is 20.1 Å². The average molecular weight is 356 g/mol. The maximum absolute atomic E-state index is 10.1. The molecule has 4 heteroatoms. The van der Waals surface area contributed by atoms with Gasteiger partial charge in [-0.25, -0.2) is 0 Å². The van der Waals surface area contributed by atoms with E-state index in [-0.39, 0.29) is 30.0 Å². The second-order valence-electron chi connectivity index (χ2n) is 7.80. The molecule has 0 bridgehead atoms. The monoisotopic (exact) mass is 356 g/mol. The van der Waals surface area contributed by atoms with Crippen molar-refractivity contribution in [2.45, 2.75) is 57.3 Å². The molecule has 3 unspecified atom stereocenters. The van der Waals surface area contributed by atoms with Gasteiger partial charge in [0.15, 0.2) is 0 Å². The molecular formula is C22H28O4. The summed E-state index contributed by atoms with van der Waals surface area (Å²) in [4.78, 5) is 0. The number of hydrogen-bond donors (Lipinski definition) is 3. The third-order valence-electron chi connectivity index (χ3n) is 5.48. The van der Waals surface area contributed by atoms with E-state index in [1.54, 1.807) is 12.1 Å². The third-order valence-corrected chi connectivity index (χ3v) is 5.48. The Bertz CT molecular complexity index is 751. The van der Waals surface area contributed by atoms with E-state index in [0.29, 0.717) is 12.8 Å². The molecule has 1 aliphatic heterocycles. The van der Waals surface area contributed by atoms with Crippen LogP contribution in [-0.4, -0.2) is 34.1 Å². The molecule has 4 nitrogen and oxygen atoms in total. The van der Waals surface area contributed by atoms with Crippen molar-refractivity contribution < 1.29 is 20.1 Å². The lowest BCUT2D eigenvalue weighted by Gasteiger charge is -2.34. The third kappa shape index (κ3) is 3.78. The van der Waals surface area contributed by atoms with Gasteiger partial charge in [-0.2, -0.15) is 0 Å². The number of benzene rings is 2. The lowest BCUT2D eigenvalue weighted by atomic mass is 9.75. The van der Waals surface area contributed by atoms with Crippen molar-refractivity contribution in [3.8, 4) is 5.75 Å². The highest BCUT2D eigenvalue weighted by atomic mass is 16.5. The van der Waals surface area contributed by atoms with Crippen LogP contribution in [0.4, 0.5) is 0 Å². The SMILES string of the molecule is Cc1ccc(C2CC(O)CC(CO)O2)cc1C(C)(C)c1ccc(O)cc1. The molecule has 3 atom stereocenters. The Balaban J connectivity index is 1.96. The zero-order valence-electron chi connectivity index (χ0n) is 15.6. The fraction of sp³-hybridized carbons (Fsp3) is 0.455. The van der Waals surface area contributed by atoms with E-state index in [1.807, 2.05) is 18.2 Å². The molecule has 0 saturated carbocycles. The molecule has 140 valence electrons. The Kier molecular flexibility index (Phi) is 5.37. The second-order valence-corrected chi connectivity index (χ2v) is 7.80. The molecule has 3 N–H and O–H groups in total. The fourth-order valence-corrected chi connectivity index (χ4v) is 3.87. The molecule has 26 heavy (non-hydrogen) atoms. The van der Waals surface area contributed by atoms with Crippen LogP contribution in [0.1, 0.15) is 55.0 Å². The molecule has 3 rings (SSSR count). The van der Waals surface area contributed by atoms with E-state index in [9.17, 15) is 15.3 Å². The van der Waals surface area contributed by atoms with E-state index in [1.165, 1.54) is 11.1 Å². The number of rotatable bonds is 4. The van der Waals surface area contributed by atoms with E-state index in [2.05, 4.69) is 32.9 Å². The summed E-state index contributed by atoms with van der Waals surface area (Å²) in [5.74, 6) is 0.259. The number of aliphatic hydroxyl groups excluding tert-OH is 2. The Labute approximate surface area is 155 Å². The minimum Gasteiger partial charge on any atom is -0.508 e. The number of phenols is 1. The molecule has 1 heterocycles. The van der Waals surface area contributed by atoms with Crippen LogP contribution in [0.3, 0.4) is 0 Å². The van der Waals surface area contributed by atoms with E-state index in [0.717, 1.165) is 11.1 Å². The smallest absolute Gasteiger partial charge is 0.115 e. The van der Waals surface area contributed by atoms with Crippen LogP contribution < -0.4 is 0 Å². The van der Waals surface area contributed by atoms with Gasteiger partial charge in [0.05, 0.1) is 24.9 Å². The van der Waals surface area contributed by atoms with Crippen LogP contribution in [0.15, 0.2) is 42.5 Å². The van der Waals surface area contributed by atoms with Gasteiger partial charge in [0.1, 0.15) is 5.75 Å². The zero-order valence-corrected chi connectivity index (χ0v) is 15.6. The van der Waals surface area contributed by atoms with Crippen LogP contribution in [0, 0.1) is 6.92 Å². The fourth-order valence-electron chi connectivity index (χ4n) is 3.87. The van der Waals surface area contributed by atoms with Crippen molar-refractivity contribution in [2.75, 3.05) is 6.61 Å². The predicted molar refractivity (Wildman–Crippen MR) is 101 cm³/mol. The molecule has 1 aliphatic rings. The first-order valence-corrected chi connectivity index (χ1v) is 9.16. The van der Waals surface area contributed by atoms with Gasteiger partial charge >= 0.3 is 0 Å². The molecule has 1 saturated heterocycles. The number of phenolic OH excluding ortho intramolecular Hbond substituents is 1. The van der Waals surface area contributed by atoms with E-state index < -0.39 is 6.10 Å². The average Bonchev–Trinajstić information content (AvgIpc) is 2.61. The summed E-state index contributed by atoms with van der Waals surface area (Å²) in [6.45, 7) is 6.34. The van der Waals surface area contributed by atoms with Gasteiger partial charge in [0.2, 0.25) is 0 Å². The second kappa shape index (κ2) is 7.39. The highest BCUT2D eigenvalue weighted by molar-refractivity contribution is 5.45. The number of hydrogen-bond acceptors (Lipinski definition) is 4. The maximum atomic E-state index is 10.1. The molecule has 0 aromatic heterocycles. The van der Waals surface area contributed by atoms with Gasteiger partial charge in [-0.15, -0.1) is 0 Å². The van der Waals surface area contributed by atoms with Crippen LogP contribution in [0.25, 0.3) is 0 Å². The zero-order chi connectivity index (χ0) is 18.9. The van der Waals surface area contributed by atoms with Crippen molar-refractivity contribution in [2.24, 2.45) is 0 Å². The first-order chi connectivity index (χ1) is 12.3. The van der Waals surface area contributed by atoms with Crippen LogP contribution >= 0.6 is 0 Å². The number of aromatic hydroxyl groups is 1. The lowest BCUT2D eigenvalue weighted by molar-refractivity contribution is -0.113. The van der Waals surface area contributed by atoms with Crippen LogP contribution in [-0.2, 0) is 10.2 Å². The van der Waals surface area contributed by atoms with E-state index >= 15 is 0 Å². The molecule has 0 spiro atoms.